The largest absolute Gasteiger partial charge is 0.367 e. The summed E-state index contributed by atoms with van der Waals surface area (Å²) in [6.07, 6.45) is 5.48. The van der Waals surface area contributed by atoms with E-state index in [1.807, 2.05) is 30.3 Å². The van der Waals surface area contributed by atoms with E-state index in [4.69, 9.17) is 12.3 Å². The van der Waals surface area contributed by atoms with Gasteiger partial charge in [0.05, 0.1) is 23.0 Å². The zero-order valence-corrected chi connectivity index (χ0v) is 16.1. The van der Waals surface area contributed by atoms with Crippen LogP contribution in [0.1, 0.15) is 36.5 Å². The lowest BCUT2D eigenvalue weighted by atomic mass is 9.91. The van der Waals surface area contributed by atoms with Crippen LogP contribution in [0.2, 0.25) is 0 Å². The topological polar surface area (TPSA) is 88.3 Å². The van der Waals surface area contributed by atoms with Crippen LogP contribution < -0.4 is 10.6 Å². The predicted octanol–water partition coefficient (Wildman–Crippen LogP) is 1.56. The van der Waals surface area contributed by atoms with Crippen molar-refractivity contribution < 1.29 is 9.59 Å². The highest BCUT2D eigenvalue weighted by Crippen LogP contribution is 2.42. The molecule has 0 bridgehead atoms. The maximum atomic E-state index is 12.9. The van der Waals surface area contributed by atoms with Crippen molar-refractivity contribution in [1.82, 2.24) is 14.5 Å². The molecule has 2 amide bonds. The molecule has 8 heteroatoms. The van der Waals surface area contributed by atoms with Gasteiger partial charge in [-0.3, -0.25) is 14.4 Å². The molecule has 2 atom stereocenters. The van der Waals surface area contributed by atoms with Crippen LogP contribution in [-0.2, 0) is 4.79 Å². The first-order valence-electron chi connectivity index (χ1n) is 9.55. The highest BCUT2D eigenvalue weighted by Gasteiger charge is 2.60. The SMILES string of the molecule is [C-]#[N+]C1(C(=O)N2CCC(C)C(N(C)c3c(C(N)=O)cnn4cccc34)C2)CC1. The van der Waals surface area contributed by atoms with Crippen LogP contribution in [0.5, 0.6) is 0 Å². The van der Waals surface area contributed by atoms with Crippen molar-refractivity contribution in [2.45, 2.75) is 37.8 Å². The molecule has 28 heavy (non-hydrogen) atoms. The second-order valence-electron chi connectivity index (χ2n) is 7.95. The fourth-order valence-corrected chi connectivity index (χ4v) is 4.22. The van der Waals surface area contributed by atoms with Crippen LogP contribution in [-0.4, -0.2) is 58.0 Å². The van der Waals surface area contributed by atoms with E-state index in [1.54, 1.807) is 4.52 Å². The molecule has 2 aromatic rings. The Morgan fingerprint density at radius 3 is 2.82 bits per heavy atom. The minimum Gasteiger partial charge on any atom is -0.367 e. The summed E-state index contributed by atoms with van der Waals surface area (Å²) in [6, 6.07) is 3.79. The van der Waals surface area contributed by atoms with Crippen LogP contribution in [0, 0.1) is 12.5 Å². The van der Waals surface area contributed by atoms with E-state index in [0.717, 1.165) is 17.6 Å². The first-order valence-corrected chi connectivity index (χ1v) is 9.55. The third-order valence-electron chi connectivity index (χ3n) is 6.19. The second kappa shape index (κ2) is 6.51. The van der Waals surface area contributed by atoms with E-state index < -0.39 is 11.4 Å². The van der Waals surface area contributed by atoms with Gasteiger partial charge in [-0.05, 0) is 24.5 Å². The minimum absolute atomic E-state index is 0.0124. The first kappa shape index (κ1) is 18.3. The number of primary amides is 1. The van der Waals surface area contributed by atoms with Crippen LogP contribution in [0.4, 0.5) is 5.69 Å². The summed E-state index contributed by atoms with van der Waals surface area (Å²) in [5.41, 5.74) is 6.69. The number of carbonyl (C=O) groups is 2. The number of carbonyl (C=O) groups excluding carboxylic acids is 2. The number of aromatic nitrogens is 2. The maximum absolute atomic E-state index is 12.9. The van der Waals surface area contributed by atoms with Crippen LogP contribution in [0.3, 0.4) is 0 Å². The summed E-state index contributed by atoms with van der Waals surface area (Å²) >= 11 is 0. The van der Waals surface area contributed by atoms with Crippen molar-refractivity contribution in [2.24, 2.45) is 11.7 Å². The Morgan fingerprint density at radius 2 is 2.18 bits per heavy atom. The summed E-state index contributed by atoms with van der Waals surface area (Å²) in [5.74, 6) is -0.258. The smallest absolute Gasteiger partial charge is 0.309 e. The van der Waals surface area contributed by atoms with Gasteiger partial charge in [-0.1, -0.05) is 6.92 Å². The molecular formula is C20H24N6O2. The zero-order chi connectivity index (χ0) is 20.1. The molecule has 2 N–H and O–H groups in total. The van der Waals surface area contributed by atoms with Gasteiger partial charge in [0.15, 0.2) is 0 Å². The Hall–Kier alpha value is -3.08. The van der Waals surface area contributed by atoms with E-state index in [-0.39, 0.29) is 11.9 Å². The number of nitrogens with two attached hydrogens (primary N) is 1. The predicted molar refractivity (Wildman–Crippen MR) is 105 cm³/mol. The van der Waals surface area contributed by atoms with E-state index >= 15 is 0 Å². The van der Waals surface area contributed by atoms with E-state index in [9.17, 15) is 9.59 Å². The number of likely N-dealkylation sites (tertiary alicyclic amines) is 1. The molecule has 1 saturated heterocycles. The summed E-state index contributed by atoms with van der Waals surface area (Å²) in [4.78, 5) is 32.4. The zero-order valence-electron chi connectivity index (χ0n) is 16.1. The van der Waals surface area contributed by atoms with Crippen molar-refractivity contribution in [3.63, 3.8) is 0 Å². The number of fused-ring (bicyclic) bond motifs is 1. The normalized spacial score (nSPS) is 23.2. The van der Waals surface area contributed by atoms with Gasteiger partial charge in [-0.25, -0.2) is 11.1 Å². The van der Waals surface area contributed by atoms with Crippen LogP contribution >= 0.6 is 0 Å². The molecule has 1 aliphatic heterocycles. The third-order valence-corrected chi connectivity index (χ3v) is 6.19. The Kier molecular flexibility index (Phi) is 4.26. The van der Waals surface area contributed by atoms with Crippen molar-refractivity contribution >= 4 is 23.0 Å². The number of nitrogens with zero attached hydrogens (tertiary/aromatic N) is 5. The molecule has 2 unspecified atom stereocenters. The molecule has 8 nitrogen and oxygen atoms in total. The fourth-order valence-electron chi connectivity index (χ4n) is 4.22. The summed E-state index contributed by atoms with van der Waals surface area (Å²) in [7, 11) is 1.94. The average Bonchev–Trinajstić information content (AvgIpc) is 3.35. The summed E-state index contributed by atoms with van der Waals surface area (Å²) in [6.45, 7) is 10.7. The molecule has 3 heterocycles. The maximum Gasteiger partial charge on any atom is 0.309 e. The first-order chi connectivity index (χ1) is 13.4. The Balaban J connectivity index is 1.68. The molecule has 2 fully saturated rings. The van der Waals surface area contributed by atoms with Crippen molar-refractivity contribution in [2.75, 3.05) is 25.0 Å². The lowest BCUT2D eigenvalue weighted by Gasteiger charge is -2.43. The quantitative estimate of drug-likeness (QED) is 0.816. The molecule has 1 aliphatic carbocycles. The van der Waals surface area contributed by atoms with Gasteiger partial charge in [0, 0.05) is 45.2 Å². The molecule has 146 valence electrons. The van der Waals surface area contributed by atoms with E-state index in [1.165, 1.54) is 6.20 Å². The number of likely N-dealkylation sites (N-methyl/N-ethyl adjacent to an activating group) is 1. The highest BCUT2D eigenvalue weighted by atomic mass is 16.2. The van der Waals surface area contributed by atoms with Crippen LogP contribution in [0.25, 0.3) is 10.4 Å². The number of hydrogen-bond donors (Lipinski definition) is 1. The van der Waals surface area contributed by atoms with Gasteiger partial charge in [-0.15, -0.1) is 0 Å². The Morgan fingerprint density at radius 1 is 1.43 bits per heavy atom. The van der Waals surface area contributed by atoms with Gasteiger partial charge in [0.2, 0.25) is 0 Å². The molecule has 4 rings (SSSR count). The molecular weight excluding hydrogens is 356 g/mol. The number of rotatable bonds is 4. The lowest BCUT2D eigenvalue weighted by Crippen LogP contribution is -2.55. The molecule has 2 aliphatic rings. The monoisotopic (exact) mass is 380 g/mol. The molecule has 2 aromatic heterocycles. The lowest BCUT2D eigenvalue weighted by molar-refractivity contribution is -0.134. The van der Waals surface area contributed by atoms with Crippen molar-refractivity contribution in [3.05, 3.63) is 41.5 Å². The minimum atomic E-state index is -0.826. The highest BCUT2D eigenvalue weighted by molar-refractivity contribution is 6.02. The van der Waals surface area contributed by atoms with E-state index in [2.05, 4.69) is 21.8 Å². The molecule has 1 saturated carbocycles. The number of amides is 2. The van der Waals surface area contributed by atoms with Gasteiger partial charge >= 0.3 is 11.4 Å². The summed E-state index contributed by atoms with van der Waals surface area (Å²) < 4.78 is 1.72. The van der Waals surface area contributed by atoms with Crippen molar-refractivity contribution in [3.8, 4) is 0 Å². The Bertz CT molecular complexity index is 986. The van der Waals surface area contributed by atoms with Gasteiger partial charge in [0.1, 0.15) is 0 Å². The Labute approximate surface area is 163 Å². The van der Waals surface area contributed by atoms with Crippen LogP contribution in [0.15, 0.2) is 24.5 Å². The van der Waals surface area contributed by atoms with Gasteiger partial charge in [-0.2, -0.15) is 5.10 Å². The van der Waals surface area contributed by atoms with Gasteiger partial charge in [0.25, 0.3) is 5.91 Å². The molecule has 0 radical (unpaired) electrons. The van der Waals surface area contributed by atoms with E-state index in [0.29, 0.717) is 37.4 Å². The van der Waals surface area contributed by atoms with Gasteiger partial charge < -0.3 is 15.5 Å². The number of hydrogen-bond acceptors (Lipinski definition) is 4. The second-order valence-corrected chi connectivity index (χ2v) is 7.95. The molecule has 0 aromatic carbocycles. The summed E-state index contributed by atoms with van der Waals surface area (Å²) in [5, 5.41) is 4.26. The average molecular weight is 380 g/mol. The standard InChI is InChI=1S/C20H24N6O2/c1-13-6-10-25(19(28)20(22-2)7-8-20)12-16(13)24(3)17-14(18(21)27)11-23-26-9-4-5-15(17)26/h4-5,9,11,13,16H,6-8,10,12H2,1,3H3,(H2,21,27). The third kappa shape index (κ3) is 2.78. The van der Waals surface area contributed by atoms with Crippen molar-refractivity contribution in [1.29, 1.82) is 0 Å². The number of anilines is 1. The number of piperidine rings is 1. The molecule has 0 spiro atoms. The fraction of sp³-hybridized carbons (Fsp3) is 0.500.